The highest BCUT2D eigenvalue weighted by molar-refractivity contribution is 14.0. The van der Waals surface area contributed by atoms with E-state index in [2.05, 4.69) is 52.0 Å². The van der Waals surface area contributed by atoms with E-state index in [4.69, 9.17) is 4.99 Å². The zero-order valence-electron chi connectivity index (χ0n) is 17.2. The van der Waals surface area contributed by atoms with E-state index in [-0.39, 0.29) is 24.0 Å². The number of aryl methyl sites for hydroxylation is 1. The minimum absolute atomic E-state index is 0. The molecule has 0 spiro atoms. The Hall–Kier alpha value is -1.64. The summed E-state index contributed by atoms with van der Waals surface area (Å²) in [6.07, 6.45) is 6.36. The summed E-state index contributed by atoms with van der Waals surface area (Å²) in [5.41, 5.74) is 1.21. The molecule has 0 amide bonds. The molecule has 28 heavy (non-hydrogen) atoms. The SMILES string of the molecule is CCC1CCCC(NC(=NCc2ccccc2)NCc2nnc(C)n2C)C1.I. The van der Waals surface area contributed by atoms with Crippen molar-refractivity contribution in [2.75, 3.05) is 0 Å². The van der Waals surface area contributed by atoms with Gasteiger partial charge >= 0.3 is 0 Å². The average molecular weight is 496 g/mol. The molecular formula is C21H33IN6. The van der Waals surface area contributed by atoms with Gasteiger partial charge in [-0.05, 0) is 31.2 Å². The van der Waals surface area contributed by atoms with Crippen LogP contribution in [0.3, 0.4) is 0 Å². The van der Waals surface area contributed by atoms with Crippen molar-refractivity contribution in [3.05, 3.63) is 47.5 Å². The molecule has 154 valence electrons. The van der Waals surface area contributed by atoms with Crippen LogP contribution in [0, 0.1) is 12.8 Å². The quantitative estimate of drug-likeness (QED) is 0.361. The number of nitrogens with zero attached hydrogens (tertiary/aromatic N) is 4. The van der Waals surface area contributed by atoms with E-state index in [1.165, 1.54) is 37.7 Å². The van der Waals surface area contributed by atoms with Gasteiger partial charge in [-0.3, -0.25) is 0 Å². The zero-order chi connectivity index (χ0) is 19.1. The van der Waals surface area contributed by atoms with E-state index in [0.717, 1.165) is 23.5 Å². The summed E-state index contributed by atoms with van der Waals surface area (Å²) in [6, 6.07) is 10.9. The maximum absolute atomic E-state index is 4.83. The van der Waals surface area contributed by atoms with Gasteiger partial charge in [0.05, 0.1) is 13.1 Å². The van der Waals surface area contributed by atoms with Crippen LogP contribution in [0.1, 0.15) is 56.2 Å². The third kappa shape index (κ3) is 6.46. The average Bonchev–Trinajstić information content (AvgIpc) is 3.03. The molecule has 1 aromatic carbocycles. The van der Waals surface area contributed by atoms with E-state index < -0.39 is 0 Å². The summed E-state index contributed by atoms with van der Waals surface area (Å²) < 4.78 is 2.01. The van der Waals surface area contributed by atoms with Gasteiger partial charge in [-0.15, -0.1) is 34.2 Å². The fraction of sp³-hybridized carbons (Fsp3) is 0.571. The minimum atomic E-state index is 0. The Bertz CT molecular complexity index is 743. The van der Waals surface area contributed by atoms with Crippen molar-refractivity contribution in [2.24, 2.45) is 18.0 Å². The van der Waals surface area contributed by atoms with Crippen molar-refractivity contribution in [3.8, 4) is 0 Å². The molecule has 1 aliphatic carbocycles. The first kappa shape index (κ1) is 22.6. The first-order valence-corrected chi connectivity index (χ1v) is 10.1. The molecule has 1 aliphatic rings. The van der Waals surface area contributed by atoms with Crippen molar-refractivity contribution >= 4 is 29.9 Å². The minimum Gasteiger partial charge on any atom is -0.354 e. The monoisotopic (exact) mass is 496 g/mol. The largest absolute Gasteiger partial charge is 0.354 e. The number of aromatic nitrogens is 3. The molecular weight excluding hydrogens is 463 g/mol. The van der Waals surface area contributed by atoms with Gasteiger partial charge in [0.25, 0.3) is 0 Å². The molecule has 2 atom stereocenters. The molecule has 1 saturated carbocycles. The summed E-state index contributed by atoms with van der Waals surface area (Å²) in [4.78, 5) is 4.83. The summed E-state index contributed by atoms with van der Waals surface area (Å²) in [6.45, 7) is 5.54. The Balaban J connectivity index is 0.00000280. The second-order valence-electron chi connectivity index (χ2n) is 7.51. The van der Waals surface area contributed by atoms with Crippen LogP contribution >= 0.6 is 24.0 Å². The number of hydrogen-bond acceptors (Lipinski definition) is 3. The molecule has 1 heterocycles. The van der Waals surface area contributed by atoms with Crippen LogP contribution in [-0.2, 0) is 20.1 Å². The van der Waals surface area contributed by atoms with Crippen LogP contribution in [-0.4, -0.2) is 26.8 Å². The molecule has 3 rings (SSSR count). The van der Waals surface area contributed by atoms with E-state index in [0.29, 0.717) is 19.1 Å². The number of aliphatic imine (C=N–C) groups is 1. The summed E-state index contributed by atoms with van der Waals surface area (Å²) >= 11 is 0. The third-order valence-corrected chi connectivity index (χ3v) is 5.56. The van der Waals surface area contributed by atoms with Gasteiger partial charge in [-0.1, -0.05) is 56.5 Å². The Morgan fingerprint density at radius 3 is 2.68 bits per heavy atom. The lowest BCUT2D eigenvalue weighted by Crippen LogP contribution is -2.45. The Labute approximate surface area is 185 Å². The maximum atomic E-state index is 4.83. The van der Waals surface area contributed by atoms with E-state index >= 15 is 0 Å². The molecule has 0 saturated heterocycles. The highest BCUT2D eigenvalue weighted by Gasteiger charge is 2.21. The zero-order valence-corrected chi connectivity index (χ0v) is 19.5. The molecule has 7 heteroatoms. The van der Waals surface area contributed by atoms with Crippen molar-refractivity contribution in [3.63, 3.8) is 0 Å². The van der Waals surface area contributed by atoms with Crippen LogP contribution in [0.4, 0.5) is 0 Å². The molecule has 0 aliphatic heterocycles. The van der Waals surface area contributed by atoms with Crippen LogP contribution in [0.25, 0.3) is 0 Å². The first-order chi connectivity index (χ1) is 13.2. The number of halogens is 1. The van der Waals surface area contributed by atoms with Gasteiger partial charge < -0.3 is 15.2 Å². The lowest BCUT2D eigenvalue weighted by Gasteiger charge is -2.30. The predicted molar refractivity (Wildman–Crippen MR) is 125 cm³/mol. The van der Waals surface area contributed by atoms with Crippen LogP contribution < -0.4 is 10.6 Å². The van der Waals surface area contributed by atoms with Gasteiger partial charge in [0.1, 0.15) is 5.82 Å². The summed E-state index contributed by atoms with van der Waals surface area (Å²) in [7, 11) is 1.99. The lowest BCUT2D eigenvalue weighted by molar-refractivity contribution is 0.298. The van der Waals surface area contributed by atoms with Gasteiger partial charge in [-0.25, -0.2) is 4.99 Å². The fourth-order valence-corrected chi connectivity index (χ4v) is 3.66. The van der Waals surface area contributed by atoms with Gasteiger partial charge in [0, 0.05) is 13.1 Å². The van der Waals surface area contributed by atoms with E-state index in [1.807, 2.05) is 24.6 Å². The smallest absolute Gasteiger partial charge is 0.192 e. The Kier molecular flexibility index (Phi) is 9.21. The number of rotatable bonds is 6. The molecule has 0 radical (unpaired) electrons. The number of nitrogens with one attached hydrogen (secondary N) is 2. The van der Waals surface area contributed by atoms with Crippen LogP contribution in [0.5, 0.6) is 0 Å². The first-order valence-electron chi connectivity index (χ1n) is 10.1. The van der Waals surface area contributed by atoms with E-state index in [9.17, 15) is 0 Å². The molecule has 2 N–H and O–H groups in total. The lowest BCUT2D eigenvalue weighted by atomic mass is 9.84. The normalized spacial score (nSPS) is 19.8. The second-order valence-corrected chi connectivity index (χ2v) is 7.51. The van der Waals surface area contributed by atoms with Crippen molar-refractivity contribution in [1.29, 1.82) is 0 Å². The molecule has 6 nitrogen and oxygen atoms in total. The second kappa shape index (κ2) is 11.4. The summed E-state index contributed by atoms with van der Waals surface area (Å²) in [5, 5.41) is 15.5. The predicted octanol–water partition coefficient (Wildman–Crippen LogP) is 3.95. The van der Waals surface area contributed by atoms with Gasteiger partial charge in [0.15, 0.2) is 11.8 Å². The number of hydrogen-bond donors (Lipinski definition) is 2. The van der Waals surface area contributed by atoms with Crippen LogP contribution in [0.2, 0.25) is 0 Å². The fourth-order valence-electron chi connectivity index (χ4n) is 3.66. The Morgan fingerprint density at radius 1 is 1.21 bits per heavy atom. The molecule has 1 aromatic heterocycles. The van der Waals surface area contributed by atoms with Gasteiger partial charge in [-0.2, -0.15) is 0 Å². The van der Waals surface area contributed by atoms with Crippen molar-refractivity contribution in [1.82, 2.24) is 25.4 Å². The molecule has 0 bridgehead atoms. The topological polar surface area (TPSA) is 67.1 Å². The maximum Gasteiger partial charge on any atom is 0.192 e. The third-order valence-electron chi connectivity index (χ3n) is 5.56. The molecule has 2 unspecified atom stereocenters. The van der Waals surface area contributed by atoms with Gasteiger partial charge in [0.2, 0.25) is 0 Å². The highest BCUT2D eigenvalue weighted by Crippen LogP contribution is 2.26. The van der Waals surface area contributed by atoms with Crippen molar-refractivity contribution in [2.45, 2.75) is 65.1 Å². The van der Waals surface area contributed by atoms with E-state index in [1.54, 1.807) is 0 Å². The molecule has 1 fully saturated rings. The van der Waals surface area contributed by atoms with Crippen LogP contribution in [0.15, 0.2) is 35.3 Å². The Morgan fingerprint density at radius 2 is 2.00 bits per heavy atom. The number of benzene rings is 1. The standard InChI is InChI=1S/C21H32N6.HI/c1-4-17-11-8-12-19(13-17)24-21(22-14-18-9-6-5-7-10-18)23-15-20-26-25-16(2)27(20)3;/h5-7,9-10,17,19H,4,8,11-15H2,1-3H3,(H2,22,23,24);1H. The summed E-state index contributed by atoms with van der Waals surface area (Å²) in [5.74, 6) is 3.52. The molecule has 2 aromatic rings. The van der Waals surface area contributed by atoms with Crippen molar-refractivity contribution < 1.29 is 0 Å². The number of guanidine groups is 1. The highest BCUT2D eigenvalue weighted by atomic mass is 127.